The molecule has 0 unspecified atom stereocenters. The molecule has 35 heavy (non-hydrogen) atoms. The maximum Gasteiger partial charge on any atom is 0.247 e. The van der Waals surface area contributed by atoms with Gasteiger partial charge in [-0.2, -0.15) is 0 Å². The molecule has 1 aliphatic rings. The van der Waals surface area contributed by atoms with Crippen molar-refractivity contribution in [1.29, 1.82) is 0 Å². The van der Waals surface area contributed by atoms with E-state index in [1.54, 1.807) is 36.1 Å². The highest BCUT2D eigenvalue weighted by Gasteiger charge is 2.40. The number of halogens is 2. The average Bonchev–Trinajstić information content (AvgIpc) is 2.85. The van der Waals surface area contributed by atoms with Crippen LogP contribution in [0.4, 0.5) is 4.39 Å². The summed E-state index contributed by atoms with van der Waals surface area (Å²) in [5, 5.41) is 23.0. The summed E-state index contributed by atoms with van der Waals surface area (Å²) < 4.78 is 20.6. The number of hydrogen-bond donors (Lipinski definition) is 3. The number of carbonyl (C=O) groups excluding carboxylic acids is 2. The SMILES string of the molecule is CCC(=O)N(CCc1cccc(F)c1)[C@@H]1CC(C(=O)NCCO)=C[C@H](Oc2ccccc2I)[C@H]1O. The van der Waals surface area contributed by atoms with Gasteiger partial charge in [-0.05, 0) is 64.9 Å². The predicted octanol–water partition coefficient (Wildman–Crippen LogP) is 2.83. The Morgan fingerprint density at radius 2 is 2.00 bits per heavy atom. The lowest BCUT2D eigenvalue weighted by Gasteiger charge is -2.40. The van der Waals surface area contributed by atoms with E-state index in [1.165, 1.54) is 12.1 Å². The van der Waals surface area contributed by atoms with Gasteiger partial charge in [-0.3, -0.25) is 9.59 Å². The Hall–Kier alpha value is -2.50. The van der Waals surface area contributed by atoms with Gasteiger partial charge in [0, 0.05) is 31.5 Å². The number of rotatable bonds is 10. The van der Waals surface area contributed by atoms with Crippen LogP contribution in [0.15, 0.2) is 60.2 Å². The molecule has 0 aromatic heterocycles. The molecule has 0 aliphatic heterocycles. The zero-order valence-corrected chi connectivity index (χ0v) is 21.7. The molecule has 3 rings (SSSR count). The number of aliphatic hydroxyl groups excluding tert-OH is 2. The molecule has 0 spiro atoms. The number of amides is 2. The van der Waals surface area contributed by atoms with Crippen molar-refractivity contribution in [2.75, 3.05) is 19.7 Å². The fourth-order valence-electron chi connectivity index (χ4n) is 4.09. The molecule has 0 fully saturated rings. The first-order chi connectivity index (χ1) is 16.8. The third-order valence-corrected chi connectivity index (χ3v) is 6.76. The normalized spacial score (nSPS) is 19.6. The van der Waals surface area contributed by atoms with Crippen LogP contribution < -0.4 is 10.1 Å². The van der Waals surface area contributed by atoms with Crippen molar-refractivity contribution in [3.05, 3.63) is 75.1 Å². The predicted molar refractivity (Wildman–Crippen MR) is 138 cm³/mol. The van der Waals surface area contributed by atoms with Crippen LogP contribution in [0.1, 0.15) is 25.3 Å². The quantitative estimate of drug-likeness (QED) is 0.367. The number of aliphatic hydroxyl groups is 2. The minimum atomic E-state index is -1.09. The van der Waals surface area contributed by atoms with Gasteiger partial charge in [0.25, 0.3) is 0 Å². The van der Waals surface area contributed by atoms with Crippen LogP contribution >= 0.6 is 22.6 Å². The fraction of sp³-hybridized carbons (Fsp3) is 0.385. The van der Waals surface area contributed by atoms with E-state index in [2.05, 4.69) is 27.9 Å². The van der Waals surface area contributed by atoms with Gasteiger partial charge >= 0.3 is 0 Å². The van der Waals surface area contributed by atoms with Crippen molar-refractivity contribution in [2.24, 2.45) is 0 Å². The number of para-hydroxylation sites is 1. The molecule has 3 N–H and O–H groups in total. The fourth-order valence-corrected chi connectivity index (χ4v) is 4.60. The molecule has 1 aliphatic carbocycles. The summed E-state index contributed by atoms with van der Waals surface area (Å²) in [5.41, 5.74) is 1.09. The van der Waals surface area contributed by atoms with Crippen molar-refractivity contribution in [3.8, 4) is 5.75 Å². The van der Waals surface area contributed by atoms with Crippen LogP contribution in [0.3, 0.4) is 0 Å². The van der Waals surface area contributed by atoms with Gasteiger partial charge in [0.15, 0.2) is 0 Å². The molecular formula is C26H30FIN2O5. The molecule has 2 aromatic carbocycles. The highest BCUT2D eigenvalue weighted by atomic mass is 127. The second kappa shape index (κ2) is 13.0. The maximum absolute atomic E-state index is 13.7. The van der Waals surface area contributed by atoms with E-state index in [0.717, 1.165) is 9.13 Å². The minimum absolute atomic E-state index is 0.0860. The van der Waals surface area contributed by atoms with Gasteiger partial charge in [0.1, 0.15) is 23.8 Å². The molecule has 3 atom stereocenters. The van der Waals surface area contributed by atoms with E-state index in [0.29, 0.717) is 17.7 Å². The summed E-state index contributed by atoms with van der Waals surface area (Å²) in [5.74, 6) is -0.376. The van der Waals surface area contributed by atoms with Gasteiger partial charge in [0.2, 0.25) is 11.8 Å². The van der Waals surface area contributed by atoms with E-state index >= 15 is 0 Å². The number of ether oxygens (including phenoxy) is 1. The molecule has 7 nitrogen and oxygen atoms in total. The number of nitrogens with zero attached hydrogens (tertiary/aromatic N) is 1. The summed E-state index contributed by atoms with van der Waals surface area (Å²) >= 11 is 2.13. The summed E-state index contributed by atoms with van der Waals surface area (Å²) in [7, 11) is 0. The zero-order chi connectivity index (χ0) is 25.4. The van der Waals surface area contributed by atoms with Crippen LogP contribution in [0.5, 0.6) is 5.75 Å². The summed E-state index contributed by atoms with van der Waals surface area (Å²) in [6.07, 6.45) is 0.343. The van der Waals surface area contributed by atoms with Crippen molar-refractivity contribution in [1.82, 2.24) is 10.2 Å². The highest BCUT2D eigenvalue weighted by Crippen LogP contribution is 2.30. The van der Waals surface area contributed by atoms with Crippen LogP contribution in [0.25, 0.3) is 0 Å². The van der Waals surface area contributed by atoms with Gasteiger partial charge < -0.3 is 25.2 Å². The average molecular weight is 596 g/mol. The third kappa shape index (κ3) is 7.25. The molecule has 188 valence electrons. The van der Waals surface area contributed by atoms with Gasteiger partial charge in [0.05, 0.1) is 16.2 Å². The first-order valence-corrected chi connectivity index (χ1v) is 12.6. The number of carbonyl (C=O) groups is 2. The second-order valence-corrected chi connectivity index (χ2v) is 9.43. The Morgan fingerprint density at radius 3 is 2.69 bits per heavy atom. The largest absolute Gasteiger partial charge is 0.482 e. The standard InChI is InChI=1S/C26H30FIN2O5/c1-2-24(32)30(12-10-17-6-5-7-19(27)14-17)21-15-18(26(34)29-11-13-31)16-23(25(21)33)35-22-9-4-3-8-20(22)28/h3-9,14,16,21,23,25,31,33H,2,10-13,15H2,1H3,(H,29,34)/t21-,23+,25+/m1/s1. The van der Waals surface area contributed by atoms with Crippen molar-refractivity contribution in [3.63, 3.8) is 0 Å². The Bertz CT molecular complexity index is 1060. The Labute approximate surface area is 218 Å². The van der Waals surface area contributed by atoms with Gasteiger partial charge in [-0.25, -0.2) is 4.39 Å². The molecule has 9 heteroatoms. The summed E-state index contributed by atoms with van der Waals surface area (Å²) in [6.45, 7) is 1.86. The third-order valence-electron chi connectivity index (χ3n) is 5.87. The Balaban J connectivity index is 1.90. The van der Waals surface area contributed by atoms with Crippen molar-refractivity contribution in [2.45, 2.75) is 44.4 Å². The van der Waals surface area contributed by atoms with Crippen molar-refractivity contribution < 1.29 is 28.9 Å². The smallest absolute Gasteiger partial charge is 0.247 e. The minimum Gasteiger partial charge on any atom is -0.482 e. The lowest BCUT2D eigenvalue weighted by atomic mass is 9.87. The molecule has 0 bridgehead atoms. The lowest BCUT2D eigenvalue weighted by Crippen LogP contribution is -2.55. The molecular weight excluding hydrogens is 566 g/mol. The highest BCUT2D eigenvalue weighted by molar-refractivity contribution is 14.1. The molecule has 0 saturated carbocycles. The number of nitrogens with one attached hydrogen (secondary N) is 1. The molecule has 0 radical (unpaired) electrons. The van der Waals surface area contributed by atoms with E-state index in [1.807, 2.05) is 18.2 Å². The lowest BCUT2D eigenvalue weighted by molar-refractivity contribution is -0.138. The van der Waals surface area contributed by atoms with Crippen LogP contribution in [-0.4, -0.2) is 64.9 Å². The van der Waals surface area contributed by atoms with E-state index in [-0.39, 0.29) is 50.2 Å². The summed E-state index contributed by atoms with van der Waals surface area (Å²) in [6, 6.07) is 12.8. The van der Waals surface area contributed by atoms with E-state index in [9.17, 15) is 19.1 Å². The van der Waals surface area contributed by atoms with Crippen LogP contribution in [-0.2, 0) is 16.0 Å². The number of benzene rings is 2. The Kier molecular flexibility index (Phi) is 10.1. The molecule has 0 heterocycles. The van der Waals surface area contributed by atoms with Gasteiger partial charge in [-0.15, -0.1) is 0 Å². The topological polar surface area (TPSA) is 99.1 Å². The van der Waals surface area contributed by atoms with E-state index < -0.39 is 18.2 Å². The molecule has 0 saturated heterocycles. The van der Waals surface area contributed by atoms with Gasteiger partial charge in [-0.1, -0.05) is 31.2 Å². The molecule has 2 amide bonds. The van der Waals surface area contributed by atoms with Crippen molar-refractivity contribution >= 4 is 34.4 Å². The molecule has 2 aromatic rings. The maximum atomic E-state index is 13.7. The van der Waals surface area contributed by atoms with Crippen LogP contribution in [0, 0.1) is 9.39 Å². The van der Waals surface area contributed by atoms with E-state index in [4.69, 9.17) is 9.84 Å². The summed E-state index contributed by atoms with van der Waals surface area (Å²) in [4.78, 5) is 27.3. The second-order valence-electron chi connectivity index (χ2n) is 8.27. The first-order valence-electron chi connectivity index (χ1n) is 11.6. The monoisotopic (exact) mass is 596 g/mol. The van der Waals surface area contributed by atoms with Crippen LogP contribution in [0.2, 0.25) is 0 Å². The zero-order valence-electron chi connectivity index (χ0n) is 19.5. The Morgan fingerprint density at radius 1 is 1.23 bits per heavy atom. The number of hydrogen-bond acceptors (Lipinski definition) is 5. The first kappa shape index (κ1) is 27.1.